The third-order valence-electron chi connectivity index (χ3n) is 3.17. The van der Waals surface area contributed by atoms with Crippen LogP contribution < -0.4 is 22.1 Å². The lowest BCUT2D eigenvalue weighted by molar-refractivity contribution is 1.30. The molecule has 1 aromatic heterocycles. The molecule has 0 fully saturated rings. The van der Waals surface area contributed by atoms with Crippen LogP contribution in [0.3, 0.4) is 0 Å². The molecule has 0 saturated carbocycles. The molecule has 22 heavy (non-hydrogen) atoms. The zero-order chi connectivity index (χ0) is 15.4. The fraction of sp³-hybridized carbons (Fsp3) is 0. The average molecular weight is 291 g/mol. The van der Waals surface area contributed by atoms with Crippen molar-refractivity contribution in [2.24, 2.45) is 0 Å². The Morgan fingerprint density at radius 1 is 0.682 bits per heavy atom. The third kappa shape index (κ3) is 3.27. The molecule has 0 radical (unpaired) electrons. The van der Waals surface area contributed by atoms with E-state index in [9.17, 15) is 0 Å². The molecule has 0 amide bonds. The summed E-state index contributed by atoms with van der Waals surface area (Å²) in [5.74, 6) is 0.740. The quantitative estimate of drug-likeness (QED) is 0.550. The molecule has 0 saturated heterocycles. The summed E-state index contributed by atoms with van der Waals surface area (Å²) < 4.78 is 0. The molecule has 110 valence electrons. The van der Waals surface area contributed by atoms with Crippen LogP contribution in [0.2, 0.25) is 0 Å². The second kappa shape index (κ2) is 6.05. The number of hydrogen-bond acceptors (Lipinski definition) is 5. The topological polar surface area (TPSA) is 89.0 Å². The van der Waals surface area contributed by atoms with Crippen molar-refractivity contribution in [3.05, 3.63) is 66.9 Å². The SMILES string of the molecule is Nc1ccc(Nc2cccnc2Nc2ccc(N)cc2)cc1. The molecular formula is C17H17N5. The fourth-order valence-corrected chi connectivity index (χ4v) is 2.03. The van der Waals surface area contributed by atoms with E-state index >= 15 is 0 Å². The second-order valence-electron chi connectivity index (χ2n) is 4.89. The lowest BCUT2D eigenvalue weighted by Crippen LogP contribution is -2.00. The smallest absolute Gasteiger partial charge is 0.154 e. The van der Waals surface area contributed by atoms with Gasteiger partial charge in [-0.05, 0) is 60.7 Å². The molecule has 0 aliphatic carbocycles. The van der Waals surface area contributed by atoms with E-state index < -0.39 is 0 Å². The van der Waals surface area contributed by atoms with E-state index in [1.165, 1.54) is 0 Å². The predicted molar refractivity (Wildman–Crippen MR) is 92.5 cm³/mol. The van der Waals surface area contributed by atoms with Crippen LogP contribution in [0.4, 0.5) is 34.3 Å². The van der Waals surface area contributed by atoms with Crippen LogP contribution in [0.15, 0.2) is 66.9 Å². The van der Waals surface area contributed by atoms with E-state index in [1.807, 2.05) is 60.7 Å². The van der Waals surface area contributed by atoms with Crippen LogP contribution in [-0.2, 0) is 0 Å². The first-order valence-corrected chi connectivity index (χ1v) is 6.91. The summed E-state index contributed by atoms with van der Waals surface area (Å²) in [6.07, 6.45) is 1.74. The van der Waals surface area contributed by atoms with Crippen LogP contribution in [0.25, 0.3) is 0 Å². The lowest BCUT2D eigenvalue weighted by atomic mass is 10.2. The molecule has 6 N–H and O–H groups in total. The van der Waals surface area contributed by atoms with Gasteiger partial charge in [0.2, 0.25) is 0 Å². The summed E-state index contributed by atoms with van der Waals surface area (Å²) in [6.45, 7) is 0. The first-order chi connectivity index (χ1) is 10.7. The summed E-state index contributed by atoms with van der Waals surface area (Å²) >= 11 is 0. The van der Waals surface area contributed by atoms with Gasteiger partial charge in [-0.2, -0.15) is 0 Å². The molecule has 0 atom stereocenters. The summed E-state index contributed by atoms with van der Waals surface area (Å²) in [6, 6.07) is 18.9. The number of benzene rings is 2. The number of nitrogens with two attached hydrogens (primary N) is 2. The molecular weight excluding hydrogens is 274 g/mol. The van der Waals surface area contributed by atoms with Gasteiger partial charge in [0.25, 0.3) is 0 Å². The minimum absolute atomic E-state index is 0.729. The van der Waals surface area contributed by atoms with Crippen molar-refractivity contribution in [1.29, 1.82) is 0 Å². The van der Waals surface area contributed by atoms with Crippen LogP contribution in [0, 0.1) is 0 Å². The largest absolute Gasteiger partial charge is 0.399 e. The molecule has 0 bridgehead atoms. The lowest BCUT2D eigenvalue weighted by Gasteiger charge is -2.13. The normalized spacial score (nSPS) is 10.2. The standard InChI is InChI=1S/C17H17N5/c18-12-3-7-14(8-4-12)21-16-2-1-11-20-17(16)22-15-9-5-13(19)6-10-15/h1-11,21H,18-19H2,(H,20,22). The predicted octanol–water partition coefficient (Wildman–Crippen LogP) is 3.73. The number of hydrogen-bond donors (Lipinski definition) is 4. The van der Waals surface area contributed by atoms with Crippen LogP contribution in [-0.4, -0.2) is 4.98 Å². The number of aromatic nitrogens is 1. The van der Waals surface area contributed by atoms with Gasteiger partial charge in [0.05, 0.1) is 5.69 Å². The van der Waals surface area contributed by atoms with E-state index in [1.54, 1.807) is 6.20 Å². The first kappa shape index (κ1) is 13.8. The highest BCUT2D eigenvalue weighted by Crippen LogP contribution is 2.26. The summed E-state index contributed by atoms with van der Waals surface area (Å²) in [7, 11) is 0. The Balaban J connectivity index is 1.83. The van der Waals surface area contributed by atoms with E-state index in [4.69, 9.17) is 11.5 Å². The zero-order valence-electron chi connectivity index (χ0n) is 12.0. The third-order valence-corrected chi connectivity index (χ3v) is 3.17. The van der Waals surface area contributed by atoms with Crippen molar-refractivity contribution in [3.63, 3.8) is 0 Å². The maximum Gasteiger partial charge on any atom is 0.154 e. The fourth-order valence-electron chi connectivity index (χ4n) is 2.03. The van der Waals surface area contributed by atoms with Crippen molar-refractivity contribution in [2.45, 2.75) is 0 Å². The highest BCUT2D eigenvalue weighted by atomic mass is 15.0. The zero-order valence-corrected chi connectivity index (χ0v) is 12.0. The number of nitrogen functional groups attached to an aromatic ring is 2. The summed E-state index contributed by atoms with van der Waals surface area (Å²) in [4.78, 5) is 4.38. The van der Waals surface area contributed by atoms with Crippen LogP contribution in [0.5, 0.6) is 0 Å². The van der Waals surface area contributed by atoms with E-state index in [0.717, 1.165) is 34.3 Å². The minimum Gasteiger partial charge on any atom is -0.399 e. The molecule has 3 aromatic rings. The first-order valence-electron chi connectivity index (χ1n) is 6.91. The number of rotatable bonds is 4. The number of pyridine rings is 1. The number of nitrogens with one attached hydrogen (secondary N) is 2. The molecule has 3 rings (SSSR count). The molecule has 0 aliphatic rings. The molecule has 1 heterocycles. The van der Waals surface area contributed by atoms with Gasteiger partial charge < -0.3 is 22.1 Å². The van der Waals surface area contributed by atoms with Gasteiger partial charge >= 0.3 is 0 Å². The Hall–Kier alpha value is -3.21. The summed E-state index contributed by atoms with van der Waals surface area (Å²) in [5, 5.41) is 6.60. The summed E-state index contributed by atoms with van der Waals surface area (Å²) in [5.41, 5.74) is 15.6. The van der Waals surface area contributed by atoms with Gasteiger partial charge in [-0.15, -0.1) is 0 Å². The Morgan fingerprint density at radius 2 is 1.23 bits per heavy atom. The second-order valence-corrected chi connectivity index (χ2v) is 4.89. The molecule has 0 spiro atoms. The Bertz CT molecular complexity index is 684. The molecule has 5 heteroatoms. The maximum atomic E-state index is 5.70. The van der Waals surface area contributed by atoms with E-state index in [-0.39, 0.29) is 0 Å². The Morgan fingerprint density at radius 3 is 1.82 bits per heavy atom. The van der Waals surface area contributed by atoms with Crippen molar-refractivity contribution in [2.75, 3.05) is 22.1 Å². The van der Waals surface area contributed by atoms with Gasteiger partial charge in [-0.25, -0.2) is 4.98 Å². The Labute approximate surface area is 129 Å². The average Bonchev–Trinajstić information content (AvgIpc) is 2.54. The van der Waals surface area contributed by atoms with Gasteiger partial charge in [0.15, 0.2) is 5.82 Å². The van der Waals surface area contributed by atoms with Crippen LogP contribution >= 0.6 is 0 Å². The molecule has 0 unspecified atom stereocenters. The monoisotopic (exact) mass is 291 g/mol. The number of anilines is 6. The van der Waals surface area contributed by atoms with Crippen molar-refractivity contribution in [3.8, 4) is 0 Å². The maximum absolute atomic E-state index is 5.70. The van der Waals surface area contributed by atoms with Crippen molar-refractivity contribution in [1.82, 2.24) is 4.98 Å². The molecule has 2 aromatic carbocycles. The van der Waals surface area contributed by atoms with E-state index in [2.05, 4.69) is 15.6 Å². The van der Waals surface area contributed by atoms with Gasteiger partial charge in [-0.1, -0.05) is 0 Å². The highest BCUT2D eigenvalue weighted by Gasteiger charge is 2.04. The van der Waals surface area contributed by atoms with E-state index in [0.29, 0.717) is 0 Å². The van der Waals surface area contributed by atoms with Crippen molar-refractivity contribution >= 4 is 34.3 Å². The number of nitrogens with zero attached hydrogens (tertiary/aromatic N) is 1. The minimum atomic E-state index is 0.729. The van der Waals surface area contributed by atoms with Crippen LogP contribution in [0.1, 0.15) is 0 Å². The Kier molecular flexibility index (Phi) is 3.78. The molecule has 0 aliphatic heterocycles. The van der Waals surface area contributed by atoms with Gasteiger partial charge in [-0.3, -0.25) is 0 Å². The highest BCUT2D eigenvalue weighted by molar-refractivity contribution is 5.75. The van der Waals surface area contributed by atoms with Gasteiger partial charge in [0, 0.05) is 28.9 Å². The molecule has 5 nitrogen and oxygen atoms in total. The van der Waals surface area contributed by atoms with Crippen molar-refractivity contribution < 1.29 is 0 Å². The van der Waals surface area contributed by atoms with Gasteiger partial charge in [0.1, 0.15) is 0 Å².